The van der Waals surface area contributed by atoms with E-state index in [4.69, 9.17) is 4.74 Å². The van der Waals surface area contributed by atoms with Gasteiger partial charge < -0.3 is 4.74 Å². The molecule has 3 nitrogen and oxygen atoms in total. The van der Waals surface area contributed by atoms with Crippen LogP contribution in [0.2, 0.25) is 0 Å². The highest BCUT2D eigenvalue weighted by Crippen LogP contribution is 2.16. The molecule has 0 aliphatic heterocycles. The highest BCUT2D eigenvalue weighted by molar-refractivity contribution is 5.78. The number of nitrogens with zero attached hydrogens (tertiary/aromatic N) is 2. The van der Waals surface area contributed by atoms with Crippen molar-refractivity contribution in [3.8, 4) is 5.88 Å². The molecular weight excluding hydrogens is 224 g/mol. The number of para-hydroxylation sites is 1. The van der Waals surface area contributed by atoms with Gasteiger partial charge >= 0.3 is 0 Å². The number of ether oxygens (including phenoxy) is 1. The largest absolute Gasteiger partial charge is 0.471 e. The van der Waals surface area contributed by atoms with E-state index in [1.165, 1.54) is 0 Å². The summed E-state index contributed by atoms with van der Waals surface area (Å²) in [5.41, 5.74) is 1.84. The van der Waals surface area contributed by atoms with Crippen LogP contribution < -0.4 is 4.74 Å². The second-order valence-corrected chi connectivity index (χ2v) is 3.95. The molecule has 0 fully saturated rings. The van der Waals surface area contributed by atoms with Gasteiger partial charge in [0, 0.05) is 17.6 Å². The van der Waals surface area contributed by atoms with Crippen LogP contribution in [0.25, 0.3) is 10.9 Å². The maximum atomic E-state index is 5.63. The zero-order valence-electron chi connectivity index (χ0n) is 9.78. The molecule has 3 heteroatoms. The second kappa shape index (κ2) is 4.84. The summed E-state index contributed by atoms with van der Waals surface area (Å²) in [5.74, 6) is 0.624. The highest BCUT2D eigenvalue weighted by atomic mass is 16.5. The van der Waals surface area contributed by atoms with Crippen molar-refractivity contribution in [2.45, 2.75) is 6.61 Å². The van der Waals surface area contributed by atoms with Gasteiger partial charge in [0.1, 0.15) is 6.61 Å². The van der Waals surface area contributed by atoms with Crippen LogP contribution in [0.4, 0.5) is 0 Å². The minimum Gasteiger partial charge on any atom is -0.471 e. The number of benzene rings is 1. The van der Waals surface area contributed by atoms with Crippen LogP contribution in [-0.4, -0.2) is 9.97 Å². The first-order valence-corrected chi connectivity index (χ1v) is 5.80. The molecule has 0 aliphatic carbocycles. The number of fused-ring (bicyclic) bond motifs is 1. The molecule has 0 amide bonds. The molecule has 0 N–H and O–H groups in total. The van der Waals surface area contributed by atoms with Gasteiger partial charge in [-0.25, -0.2) is 4.98 Å². The Morgan fingerprint density at radius 2 is 1.78 bits per heavy atom. The molecule has 2 heterocycles. The van der Waals surface area contributed by atoms with Gasteiger partial charge in [-0.3, -0.25) is 4.98 Å². The zero-order valence-corrected chi connectivity index (χ0v) is 9.78. The summed E-state index contributed by atoms with van der Waals surface area (Å²) >= 11 is 0. The van der Waals surface area contributed by atoms with Crippen LogP contribution in [0.5, 0.6) is 5.88 Å². The minimum absolute atomic E-state index is 0.437. The van der Waals surface area contributed by atoms with E-state index in [0.29, 0.717) is 12.5 Å². The predicted molar refractivity (Wildman–Crippen MR) is 70.3 cm³/mol. The zero-order chi connectivity index (χ0) is 12.2. The van der Waals surface area contributed by atoms with Gasteiger partial charge in [0.2, 0.25) is 5.88 Å². The Morgan fingerprint density at radius 3 is 2.67 bits per heavy atom. The molecule has 2 aromatic heterocycles. The van der Waals surface area contributed by atoms with Crippen molar-refractivity contribution < 1.29 is 4.74 Å². The fraction of sp³-hybridized carbons (Fsp3) is 0.0667. The molecule has 0 aliphatic rings. The molecule has 18 heavy (non-hydrogen) atoms. The third-order valence-electron chi connectivity index (χ3n) is 2.67. The molecule has 0 unspecified atom stereocenters. The number of hydrogen-bond donors (Lipinski definition) is 0. The van der Waals surface area contributed by atoms with Gasteiger partial charge in [-0.15, -0.1) is 0 Å². The van der Waals surface area contributed by atoms with E-state index >= 15 is 0 Å². The Morgan fingerprint density at radius 1 is 0.889 bits per heavy atom. The highest BCUT2D eigenvalue weighted by Gasteiger charge is 1.99. The molecule has 0 saturated heterocycles. The lowest BCUT2D eigenvalue weighted by Gasteiger charge is -2.05. The second-order valence-electron chi connectivity index (χ2n) is 3.95. The molecule has 3 rings (SSSR count). The van der Waals surface area contributed by atoms with Crippen molar-refractivity contribution >= 4 is 10.9 Å². The Balaban J connectivity index is 1.79. The third-order valence-corrected chi connectivity index (χ3v) is 2.67. The lowest BCUT2D eigenvalue weighted by molar-refractivity contribution is 0.290. The summed E-state index contributed by atoms with van der Waals surface area (Å²) in [6.07, 6.45) is 1.76. The molecule has 0 radical (unpaired) electrons. The Bertz CT molecular complexity index is 653. The first-order valence-electron chi connectivity index (χ1n) is 5.80. The van der Waals surface area contributed by atoms with E-state index in [2.05, 4.69) is 9.97 Å². The van der Waals surface area contributed by atoms with Crippen LogP contribution in [0.15, 0.2) is 60.8 Å². The summed E-state index contributed by atoms with van der Waals surface area (Å²) in [7, 11) is 0. The van der Waals surface area contributed by atoms with E-state index < -0.39 is 0 Å². The van der Waals surface area contributed by atoms with Gasteiger partial charge in [0.15, 0.2) is 0 Å². The summed E-state index contributed by atoms with van der Waals surface area (Å²) in [6, 6.07) is 17.6. The van der Waals surface area contributed by atoms with Crippen LogP contribution in [0, 0.1) is 0 Å². The lowest BCUT2D eigenvalue weighted by Crippen LogP contribution is -1.98. The molecule has 0 spiro atoms. The third kappa shape index (κ3) is 2.30. The fourth-order valence-electron chi connectivity index (χ4n) is 1.76. The van der Waals surface area contributed by atoms with Gasteiger partial charge in [0.25, 0.3) is 0 Å². The Labute approximate surface area is 105 Å². The van der Waals surface area contributed by atoms with Crippen molar-refractivity contribution in [2.75, 3.05) is 0 Å². The van der Waals surface area contributed by atoms with Crippen molar-refractivity contribution in [1.82, 2.24) is 9.97 Å². The van der Waals surface area contributed by atoms with Crippen LogP contribution in [-0.2, 0) is 6.61 Å². The van der Waals surface area contributed by atoms with Crippen molar-refractivity contribution in [1.29, 1.82) is 0 Å². The van der Waals surface area contributed by atoms with Crippen molar-refractivity contribution in [2.24, 2.45) is 0 Å². The number of rotatable bonds is 3. The number of pyridine rings is 2. The standard InChI is InChI=1S/C15H12N2O/c1-2-7-14-12(5-1)8-9-15(17-14)18-11-13-6-3-4-10-16-13/h1-10H,11H2. The lowest BCUT2D eigenvalue weighted by atomic mass is 10.2. The van der Waals surface area contributed by atoms with Gasteiger partial charge in [-0.1, -0.05) is 24.3 Å². The smallest absolute Gasteiger partial charge is 0.214 e. The maximum absolute atomic E-state index is 5.63. The van der Waals surface area contributed by atoms with E-state index in [9.17, 15) is 0 Å². The number of aromatic nitrogens is 2. The average Bonchev–Trinajstić information content (AvgIpc) is 2.46. The average molecular weight is 236 g/mol. The first kappa shape index (κ1) is 10.7. The predicted octanol–water partition coefficient (Wildman–Crippen LogP) is 3.21. The quantitative estimate of drug-likeness (QED) is 0.700. The van der Waals surface area contributed by atoms with Gasteiger partial charge in [0.05, 0.1) is 11.2 Å². The summed E-state index contributed by atoms with van der Waals surface area (Å²) in [6.45, 7) is 0.437. The van der Waals surface area contributed by atoms with Crippen molar-refractivity contribution in [3.63, 3.8) is 0 Å². The molecular formula is C15H12N2O. The topological polar surface area (TPSA) is 35.0 Å². The minimum atomic E-state index is 0.437. The van der Waals surface area contributed by atoms with Crippen LogP contribution in [0.3, 0.4) is 0 Å². The Hall–Kier alpha value is -2.42. The van der Waals surface area contributed by atoms with Gasteiger partial charge in [-0.05, 0) is 24.3 Å². The fourth-order valence-corrected chi connectivity index (χ4v) is 1.76. The van der Waals surface area contributed by atoms with Crippen LogP contribution >= 0.6 is 0 Å². The summed E-state index contributed by atoms with van der Waals surface area (Å²) in [5, 5.41) is 1.11. The van der Waals surface area contributed by atoms with Crippen molar-refractivity contribution in [3.05, 3.63) is 66.5 Å². The summed E-state index contributed by atoms with van der Waals surface area (Å²) < 4.78 is 5.63. The van der Waals surface area contributed by atoms with E-state index in [1.54, 1.807) is 6.20 Å². The van der Waals surface area contributed by atoms with Gasteiger partial charge in [-0.2, -0.15) is 0 Å². The van der Waals surface area contributed by atoms with Crippen LogP contribution in [0.1, 0.15) is 5.69 Å². The molecule has 0 bridgehead atoms. The summed E-state index contributed by atoms with van der Waals surface area (Å²) in [4.78, 5) is 8.64. The van der Waals surface area contributed by atoms with E-state index in [1.807, 2.05) is 54.6 Å². The maximum Gasteiger partial charge on any atom is 0.214 e. The molecule has 3 aromatic rings. The van der Waals surface area contributed by atoms with E-state index in [-0.39, 0.29) is 0 Å². The first-order chi connectivity index (χ1) is 8.92. The Kier molecular flexibility index (Phi) is 2.88. The van der Waals surface area contributed by atoms with E-state index in [0.717, 1.165) is 16.6 Å². The monoisotopic (exact) mass is 236 g/mol. The molecule has 0 saturated carbocycles. The molecule has 0 atom stereocenters. The normalized spacial score (nSPS) is 10.4. The number of hydrogen-bond acceptors (Lipinski definition) is 3. The SMILES string of the molecule is c1ccc(COc2ccc3ccccc3n2)nc1. The molecule has 88 valence electrons. The molecule has 1 aromatic carbocycles.